The number of ether oxygens (including phenoxy) is 1. The number of rotatable bonds is 11. The van der Waals surface area contributed by atoms with Crippen LogP contribution in [0.15, 0.2) is 48.8 Å². The normalized spacial score (nSPS) is 13.0. The minimum Gasteiger partial charge on any atom is -0.453 e. The molecule has 0 spiro atoms. The van der Waals surface area contributed by atoms with Crippen molar-refractivity contribution in [1.82, 2.24) is 26.1 Å². The molecule has 0 aliphatic heterocycles. The van der Waals surface area contributed by atoms with Gasteiger partial charge in [0, 0.05) is 32.0 Å². The Morgan fingerprint density at radius 2 is 1.88 bits per heavy atom. The van der Waals surface area contributed by atoms with E-state index in [1.807, 2.05) is 57.2 Å². The maximum Gasteiger partial charge on any atom is 0.407 e. The molecule has 0 fully saturated rings. The van der Waals surface area contributed by atoms with Gasteiger partial charge in [0.15, 0.2) is 0 Å². The Morgan fingerprint density at radius 1 is 1.18 bits per heavy atom. The van der Waals surface area contributed by atoms with Gasteiger partial charge >= 0.3 is 6.09 Å². The van der Waals surface area contributed by atoms with Crippen molar-refractivity contribution in [3.8, 4) is 11.1 Å². The first-order valence-corrected chi connectivity index (χ1v) is 10.9. The van der Waals surface area contributed by atoms with E-state index in [-0.39, 0.29) is 19.6 Å². The molecule has 1 aromatic carbocycles. The number of carbonyl (C=O) groups excluding carboxylic acids is 3. The number of alkyl carbamates (subject to hydrolysis) is 1. The Balaban J connectivity index is 2.18. The van der Waals surface area contributed by atoms with Gasteiger partial charge in [0.2, 0.25) is 6.41 Å². The average Bonchev–Trinajstić information content (AvgIpc) is 2.81. The SMILES string of the molecule is COC(=O)NC(C(=O)NN(Cc1ccc(-c2cccnc2)cc1)CC(O)CNC=O)C(C)(C)C. The van der Waals surface area contributed by atoms with Crippen molar-refractivity contribution < 1.29 is 24.2 Å². The fraction of sp³-hybridized carbons (Fsp3) is 0.417. The van der Waals surface area contributed by atoms with Crippen molar-refractivity contribution >= 4 is 18.4 Å². The summed E-state index contributed by atoms with van der Waals surface area (Å²) in [6.07, 6.45) is 2.34. The monoisotopic (exact) mass is 471 g/mol. The third kappa shape index (κ3) is 8.45. The largest absolute Gasteiger partial charge is 0.453 e. The molecule has 0 saturated carbocycles. The molecule has 0 aliphatic rings. The summed E-state index contributed by atoms with van der Waals surface area (Å²) in [7, 11) is 1.23. The summed E-state index contributed by atoms with van der Waals surface area (Å²) in [5.41, 5.74) is 5.06. The first-order chi connectivity index (χ1) is 16.1. The molecule has 2 aromatic rings. The number of aromatic nitrogens is 1. The van der Waals surface area contributed by atoms with Crippen molar-refractivity contribution in [2.75, 3.05) is 20.2 Å². The number of hydrogen-bond donors (Lipinski definition) is 4. The summed E-state index contributed by atoms with van der Waals surface area (Å²) in [5, 5.41) is 16.8. The van der Waals surface area contributed by atoms with Crippen molar-refractivity contribution in [2.24, 2.45) is 5.41 Å². The van der Waals surface area contributed by atoms with Crippen LogP contribution in [0, 0.1) is 5.41 Å². The first-order valence-electron chi connectivity index (χ1n) is 10.9. The number of pyridine rings is 1. The van der Waals surface area contributed by atoms with Gasteiger partial charge in [-0.1, -0.05) is 51.1 Å². The second-order valence-electron chi connectivity index (χ2n) is 8.91. The van der Waals surface area contributed by atoms with Gasteiger partial charge in [-0.15, -0.1) is 0 Å². The molecule has 2 atom stereocenters. The maximum absolute atomic E-state index is 13.1. The van der Waals surface area contributed by atoms with Gasteiger partial charge in [0.25, 0.3) is 5.91 Å². The minimum absolute atomic E-state index is 0.0267. The zero-order valence-electron chi connectivity index (χ0n) is 19.9. The van der Waals surface area contributed by atoms with Gasteiger partial charge in [0.1, 0.15) is 6.04 Å². The second kappa shape index (κ2) is 12.7. The number of aliphatic hydroxyl groups is 1. The quantitative estimate of drug-likeness (QED) is 0.288. The molecule has 0 saturated heterocycles. The summed E-state index contributed by atoms with van der Waals surface area (Å²) in [6.45, 7) is 5.81. The molecule has 2 unspecified atom stereocenters. The molecule has 3 amide bonds. The van der Waals surface area contributed by atoms with Crippen LogP contribution in [-0.4, -0.2) is 65.9 Å². The van der Waals surface area contributed by atoms with E-state index in [1.165, 1.54) is 7.11 Å². The zero-order valence-corrected chi connectivity index (χ0v) is 19.9. The Morgan fingerprint density at radius 3 is 2.44 bits per heavy atom. The molecule has 1 aromatic heterocycles. The van der Waals surface area contributed by atoms with Crippen molar-refractivity contribution in [3.63, 3.8) is 0 Å². The summed E-state index contributed by atoms with van der Waals surface area (Å²) in [5.74, 6) is -0.458. The van der Waals surface area contributed by atoms with Crippen molar-refractivity contribution in [1.29, 1.82) is 0 Å². The number of nitrogens with zero attached hydrogens (tertiary/aromatic N) is 2. The first kappa shape index (κ1) is 26.7. The highest BCUT2D eigenvalue weighted by Crippen LogP contribution is 2.21. The molecule has 10 nitrogen and oxygen atoms in total. The third-order valence-corrected chi connectivity index (χ3v) is 5.03. The van der Waals surface area contributed by atoms with Crippen LogP contribution in [0.3, 0.4) is 0 Å². The molecule has 10 heteroatoms. The lowest BCUT2D eigenvalue weighted by Crippen LogP contribution is -2.58. The Hall–Kier alpha value is -3.50. The molecule has 184 valence electrons. The van der Waals surface area contributed by atoms with Gasteiger partial charge in [-0.3, -0.25) is 20.0 Å². The van der Waals surface area contributed by atoms with E-state index in [0.29, 0.717) is 6.41 Å². The van der Waals surface area contributed by atoms with Gasteiger partial charge in [0.05, 0.1) is 13.2 Å². The summed E-state index contributed by atoms with van der Waals surface area (Å²) in [4.78, 5) is 39.6. The van der Waals surface area contributed by atoms with Crippen LogP contribution in [0.2, 0.25) is 0 Å². The van der Waals surface area contributed by atoms with Crippen LogP contribution in [0.25, 0.3) is 11.1 Å². The van der Waals surface area contributed by atoms with Crippen LogP contribution >= 0.6 is 0 Å². The predicted octanol–water partition coefficient (Wildman–Crippen LogP) is 1.46. The molecule has 1 heterocycles. The number of hydrazine groups is 1. The maximum atomic E-state index is 13.1. The van der Waals surface area contributed by atoms with Crippen LogP contribution in [0.4, 0.5) is 4.79 Å². The van der Waals surface area contributed by atoms with E-state index in [9.17, 15) is 19.5 Å². The lowest BCUT2D eigenvalue weighted by Gasteiger charge is -2.33. The molecule has 34 heavy (non-hydrogen) atoms. The zero-order chi connectivity index (χ0) is 25.1. The number of aliphatic hydroxyl groups excluding tert-OH is 1. The van der Waals surface area contributed by atoms with E-state index in [1.54, 1.807) is 17.4 Å². The Bertz CT molecular complexity index is 931. The van der Waals surface area contributed by atoms with E-state index < -0.39 is 29.6 Å². The third-order valence-electron chi connectivity index (χ3n) is 5.03. The fourth-order valence-electron chi connectivity index (χ4n) is 3.28. The highest BCUT2D eigenvalue weighted by atomic mass is 16.5. The van der Waals surface area contributed by atoms with E-state index in [4.69, 9.17) is 0 Å². The summed E-state index contributed by atoms with van der Waals surface area (Å²) < 4.78 is 4.65. The van der Waals surface area contributed by atoms with Crippen LogP contribution in [-0.2, 0) is 20.9 Å². The number of nitrogens with one attached hydrogen (secondary N) is 3. The number of methoxy groups -OCH3 is 1. The lowest BCUT2D eigenvalue weighted by atomic mass is 9.86. The fourth-order valence-corrected chi connectivity index (χ4v) is 3.28. The topological polar surface area (TPSA) is 133 Å². The number of amides is 3. The average molecular weight is 472 g/mol. The van der Waals surface area contributed by atoms with Gasteiger partial charge < -0.3 is 20.5 Å². The van der Waals surface area contributed by atoms with Crippen LogP contribution in [0.1, 0.15) is 26.3 Å². The minimum atomic E-state index is -0.929. The van der Waals surface area contributed by atoms with Gasteiger partial charge in [-0.05, 0) is 28.2 Å². The molecular weight excluding hydrogens is 438 g/mol. The van der Waals surface area contributed by atoms with Crippen LogP contribution in [0.5, 0.6) is 0 Å². The number of benzene rings is 1. The highest BCUT2D eigenvalue weighted by molar-refractivity contribution is 5.86. The molecule has 0 radical (unpaired) electrons. The smallest absolute Gasteiger partial charge is 0.407 e. The Kier molecular flexibility index (Phi) is 9.96. The number of carbonyl (C=O) groups is 3. The van der Waals surface area contributed by atoms with E-state index in [0.717, 1.165) is 16.7 Å². The Labute approximate surface area is 199 Å². The molecule has 0 aliphatic carbocycles. The van der Waals surface area contributed by atoms with Crippen LogP contribution < -0.4 is 16.1 Å². The summed E-state index contributed by atoms with van der Waals surface area (Å²) >= 11 is 0. The molecule has 2 rings (SSSR count). The molecule has 0 bridgehead atoms. The van der Waals surface area contributed by atoms with E-state index in [2.05, 4.69) is 25.8 Å². The molecule has 4 N–H and O–H groups in total. The summed E-state index contributed by atoms with van der Waals surface area (Å²) in [6, 6.07) is 10.7. The van der Waals surface area contributed by atoms with E-state index >= 15 is 0 Å². The van der Waals surface area contributed by atoms with Gasteiger partial charge in [-0.2, -0.15) is 0 Å². The van der Waals surface area contributed by atoms with Gasteiger partial charge in [-0.25, -0.2) is 9.80 Å². The highest BCUT2D eigenvalue weighted by Gasteiger charge is 2.34. The lowest BCUT2D eigenvalue weighted by molar-refractivity contribution is -0.131. The predicted molar refractivity (Wildman–Crippen MR) is 127 cm³/mol. The molecular formula is C24H33N5O5. The van der Waals surface area contributed by atoms with Crippen molar-refractivity contribution in [3.05, 3.63) is 54.4 Å². The standard InChI is InChI=1S/C24H33N5O5/c1-24(2,3)21(27-23(33)34-4)22(32)28-29(15-20(31)13-26-16-30)14-17-7-9-18(10-8-17)19-6-5-11-25-12-19/h5-12,16,20-21,31H,13-15H2,1-4H3,(H,26,30)(H,27,33)(H,28,32). The second-order valence-corrected chi connectivity index (χ2v) is 8.91. The number of hydrogen-bond acceptors (Lipinski definition) is 7. The van der Waals surface area contributed by atoms with Crippen molar-refractivity contribution in [2.45, 2.75) is 39.5 Å².